The zero-order valence-electron chi connectivity index (χ0n) is 8.23. The molecule has 3 N–H and O–H groups in total. The molecule has 0 aliphatic carbocycles. The van der Waals surface area contributed by atoms with Gasteiger partial charge >= 0.3 is 0 Å². The van der Waals surface area contributed by atoms with Crippen LogP contribution in [0.2, 0.25) is 0 Å². The van der Waals surface area contributed by atoms with Gasteiger partial charge in [-0.2, -0.15) is 4.80 Å². The van der Waals surface area contributed by atoms with E-state index in [1.54, 1.807) is 7.05 Å². The fourth-order valence-corrected chi connectivity index (χ4v) is 1.09. The van der Waals surface area contributed by atoms with Crippen LogP contribution in [0, 0.1) is 5.92 Å². The summed E-state index contributed by atoms with van der Waals surface area (Å²) in [6.45, 7) is 4.20. The van der Waals surface area contributed by atoms with E-state index in [2.05, 4.69) is 34.7 Å². The SMILES string of the molecule is CC(C)C(Cc1nnn(C)n1)NN. The van der Waals surface area contributed by atoms with Crippen LogP contribution in [0.15, 0.2) is 0 Å². The number of rotatable bonds is 4. The van der Waals surface area contributed by atoms with E-state index in [4.69, 9.17) is 5.84 Å². The van der Waals surface area contributed by atoms with Crippen LogP contribution in [0.4, 0.5) is 0 Å². The molecule has 0 aliphatic rings. The van der Waals surface area contributed by atoms with Gasteiger partial charge < -0.3 is 0 Å². The Morgan fingerprint density at radius 3 is 2.62 bits per heavy atom. The summed E-state index contributed by atoms with van der Waals surface area (Å²) in [5.74, 6) is 6.57. The van der Waals surface area contributed by atoms with E-state index >= 15 is 0 Å². The molecule has 6 heteroatoms. The lowest BCUT2D eigenvalue weighted by Gasteiger charge is -2.17. The van der Waals surface area contributed by atoms with Gasteiger partial charge in [0.05, 0.1) is 7.05 Å². The average molecular weight is 184 g/mol. The number of hydrogen-bond acceptors (Lipinski definition) is 5. The molecule has 0 fully saturated rings. The molecule has 0 saturated carbocycles. The van der Waals surface area contributed by atoms with E-state index in [0.29, 0.717) is 12.3 Å². The number of hydrazine groups is 1. The molecule has 0 spiro atoms. The van der Waals surface area contributed by atoms with Crippen LogP contribution in [0.25, 0.3) is 0 Å². The molecular weight excluding hydrogens is 168 g/mol. The lowest BCUT2D eigenvalue weighted by Crippen LogP contribution is -2.40. The highest BCUT2D eigenvalue weighted by Crippen LogP contribution is 2.04. The third-order valence-electron chi connectivity index (χ3n) is 1.97. The molecule has 1 aromatic heterocycles. The summed E-state index contributed by atoms with van der Waals surface area (Å²) in [4.78, 5) is 1.45. The van der Waals surface area contributed by atoms with Crippen molar-refractivity contribution in [3.8, 4) is 0 Å². The van der Waals surface area contributed by atoms with Crippen molar-refractivity contribution in [1.29, 1.82) is 0 Å². The van der Waals surface area contributed by atoms with Gasteiger partial charge in [0.25, 0.3) is 0 Å². The van der Waals surface area contributed by atoms with Crippen molar-refractivity contribution in [3.63, 3.8) is 0 Å². The second-order valence-corrected chi connectivity index (χ2v) is 3.42. The molecule has 1 unspecified atom stereocenters. The van der Waals surface area contributed by atoms with Gasteiger partial charge in [0.2, 0.25) is 0 Å². The molecule has 0 aliphatic heterocycles. The summed E-state index contributed by atoms with van der Waals surface area (Å²) >= 11 is 0. The molecule has 1 heterocycles. The normalized spacial score (nSPS) is 13.6. The Kier molecular flexibility index (Phi) is 3.32. The van der Waals surface area contributed by atoms with E-state index in [9.17, 15) is 0 Å². The Bertz CT molecular complexity index is 255. The lowest BCUT2D eigenvalue weighted by atomic mass is 10.0. The van der Waals surface area contributed by atoms with Crippen LogP contribution in [0.3, 0.4) is 0 Å². The van der Waals surface area contributed by atoms with E-state index in [-0.39, 0.29) is 6.04 Å². The smallest absolute Gasteiger partial charge is 0.176 e. The largest absolute Gasteiger partial charge is 0.271 e. The number of nitrogens with one attached hydrogen (secondary N) is 1. The Balaban J connectivity index is 2.56. The number of nitrogens with zero attached hydrogens (tertiary/aromatic N) is 4. The predicted molar refractivity (Wildman–Crippen MR) is 48.5 cm³/mol. The Morgan fingerprint density at radius 2 is 2.23 bits per heavy atom. The monoisotopic (exact) mass is 184 g/mol. The van der Waals surface area contributed by atoms with Gasteiger partial charge in [0.1, 0.15) is 0 Å². The van der Waals surface area contributed by atoms with Gasteiger partial charge in [0.15, 0.2) is 5.82 Å². The lowest BCUT2D eigenvalue weighted by molar-refractivity contribution is 0.397. The topological polar surface area (TPSA) is 81.7 Å². The van der Waals surface area contributed by atoms with Crippen LogP contribution in [0.5, 0.6) is 0 Å². The van der Waals surface area contributed by atoms with Crippen LogP contribution in [-0.4, -0.2) is 26.2 Å². The number of nitrogens with two attached hydrogens (primary N) is 1. The molecule has 1 aromatic rings. The third kappa shape index (κ3) is 2.74. The molecule has 0 saturated heterocycles. The van der Waals surface area contributed by atoms with Crippen LogP contribution >= 0.6 is 0 Å². The second kappa shape index (κ2) is 4.29. The molecule has 0 bridgehead atoms. The molecule has 0 radical (unpaired) electrons. The van der Waals surface area contributed by atoms with Gasteiger partial charge in [-0.1, -0.05) is 13.8 Å². The van der Waals surface area contributed by atoms with Crippen LogP contribution in [0.1, 0.15) is 19.7 Å². The zero-order valence-corrected chi connectivity index (χ0v) is 8.23. The minimum Gasteiger partial charge on any atom is -0.271 e. The third-order valence-corrected chi connectivity index (χ3v) is 1.97. The van der Waals surface area contributed by atoms with Crippen molar-refractivity contribution in [2.24, 2.45) is 18.8 Å². The van der Waals surface area contributed by atoms with Gasteiger partial charge in [-0.15, -0.1) is 10.2 Å². The standard InChI is InChI=1S/C7H16N6/c1-5(2)6(9-8)4-7-10-12-13(3)11-7/h5-6,9H,4,8H2,1-3H3. The van der Waals surface area contributed by atoms with E-state index in [1.165, 1.54) is 4.80 Å². The number of hydrogen-bond donors (Lipinski definition) is 2. The molecule has 0 amide bonds. The van der Waals surface area contributed by atoms with E-state index in [1.807, 2.05) is 0 Å². The minimum atomic E-state index is 0.198. The summed E-state index contributed by atoms with van der Waals surface area (Å²) in [5, 5.41) is 11.7. The molecule has 0 aromatic carbocycles. The molecular formula is C7H16N6. The Labute approximate surface area is 77.5 Å². The van der Waals surface area contributed by atoms with Crippen LogP contribution < -0.4 is 11.3 Å². The number of aryl methyl sites for hydroxylation is 1. The van der Waals surface area contributed by atoms with Gasteiger partial charge in [0, 0.05) is 12.5 Å². The summed E-state index contributed by atoms with van der Waals surface area (Å²) in [6, 6.07) is 0.198. The first-order chi connectivity index (χ1) is 6.13. The first-order valence-electron chi connectivity index (χ1n) is 4.32. The average Bonchev–Trinajstić information content (AvgIpc) is 2.46. The maximum Gasteiger partial charge on any atom is 0.176 e. The van der Waals surface area contributed by atoms with Crippen molar-refractivity contribution in [2.45, 2.75) is 26.3 Å². The zero-order chi connectivity index (χ0) is 9.84. The van der Waals surface area contributed by atoms with Crippen molar-refractivity contribution >= 4 is 0 Å². The molecule has 13 heavy (non-hydrogen) atoms. The van der Waals surface area contributed by atoms with Gasteiger partial charge in [-0.05, 0) is 11.1 Å². The summed E-state index contributed by atoms with van der Waals surface area (Å²) in [7, 11) is 1.75. The van der Waals surface area contributed by atoms with Crippen molar-refractivity contribution in [1.82, 2.24) is 25.6 Å². The van der Waals surface area contributed by atoms with Crippen molar-refractivity contribution in [3.05, 3.63) is 5.82 Å². The maximum absolute atomic E-state index is 5.40. The highest BCUT2D eigenvalue weighted by atomic mass is 15.6. The highest BCUT2D eigenvalue weighted by molar-refractivity contribution is 4.84. The summed E-state index contributed by atoms with van der Waals surface area (Å²) < 4.78 is 0. The predicted octanol–water partition coefficient (Wildman–Crippen LogP) is -0.759. The van der Waals surface area contributed by atoms with Gasteiger partial charge in [-0.25, -0.2) is 0 Å². The first kappa shape index (κ1) is 10.1. The van der Waals surface area contributed by atoms with Crippen molar-refractivity contribution < 1.29 is 0 Å². The van der Waals surface area contributed by atoms with Crippen LogP contribution in [-0.2, 0) is 13.5 Å². The summed E-state index contributed by atoms with van der Waals surface area (Å²) in [5.41, 5.74) is 2.74. The van der Waals surface area contributed by atoms with Crippen molar-refractivity contribution in [2.75, 3.05) is 0 Å². The molecule has 6 nitrogen and oxygen atoms in total. The fourth-order valence-electron chi connectivity index (χ4n) is 1.09. The maximum atomic E-state index is 5.40. The summed E-state index contributed by atoms with van der Waals surface area (Å²) in [6.07, 6.45) is 0.710. The fraction of sp³-hybridized carbons (Fsp3) is 0.857. The van der Waals surface area contributed by atoms with E-state index in [0.717, 1.165) is 5.82 Å². The first-order valence-corrected chi connectivity index (χ1v) is 4.32. The Morgan fingerprint density at radius 1 is 1.54 bits per heavy atom. The number of aromatic nitrogens is 4. The highest BCUT2D eigenvalue weighted by Gasteiger charge is 2.14. The minimum absolute atomic E-state index is 0.198. The molecule has 1 rings (SSSR count). The molecule has 74 valence electrons. The Hall–Kier alpha value is -1.01. The van der Waals surface area contributed by atoms with Gasteiger partial charge in [-0.3, -0.25) is 11.3 Å². The quantitative estimate of drug-likeness (QED) is 0.475. The number of tetrazole rings is 1. The second-order valence-electron chi connectivity index (χ2n) is 3.42. The molecule has 1 atom stereocenters. The van der Waals surface area contributed by atoms with E-state index < -0.39 is 0 Å².